The predicted molar refractivity (Wildman–Crippen MR) is 101 cm³/mol. The number of amidine groups is 1. The van der Waals surface area contributed by atoms with E-state index in [-0.39, 0.29) is 11.8 Å². The molecule has 2 aromatic rings. The SMILES string of the molecule is O=C1N/C(=N/NC(=O)c2ccccc2)SC1=Cc1ccc2c(c1)CCO2. The largest absolute Gasteiger partial charge is 0.493 e. The van der Waals surface area contributed by atoms with Crippen molar-refractivity contribution in [2.24, 2.45) is 5.10 Å². The Kier molecular flexibility index (Phi) is 4.45. The van der Waals surface area contributed by atoms with Gasteiger partial charge in [-0.3, -0.25) is 14.9 Å². The molecule has 0 atom stereocenters. The number of ether oxygens (including phenoxy) is 1. The Bertz CT molecular complexity index is 938. The van der Waals surface area contributed by atoms with Crippen molar-refractivity contribution in [2.45, 2.75) is 6.42 Å². The number of hydrogen-bond donors (Lipinski definition) is 2. The molecule has 2 aliphatic heterocycles. The molecule has 2 aliphatic rings. The van der Waals surface area contributed by atoms with E-state index < -0.39 is 0 Å². The molecule has 2 aromatic carbocycles. The maximum Gasteiger partial charge on any atom is 0.271 e. The number of fused-ring (bicyclic) bond motifs is 1. The van der Waals surface area contributed by atoms with Crippen molar-refractivity contribution in [3.63, 3.8) is 0 Å². The van der Waals surface area contributed by atoms with Gasteiger partial charge in [0, 0.05) is 12.0 Å². The first kappa shape index (κ1) is 16.4. The van der Waals surface area contributed by atoms with Gasteiger partial charge in [-0.2, -0.15) is 0 Å². The Morgan fingerprint density at radius 2 is 2.08 bits per heavy atom. The molecule has 26 heavy (non-hydrogen) atoms. The monoisotopic (exact) mass is 365 g/mol. The van der Waals surface area contributed by atoms with E-state index in [1.54, 1.807) is 30.3 Å². The molecule has 0 aromatic heterocycles. The Labute approximate surface area is 154 Å². The lowest BCUT2D eigenvalue weighted by molar-refractivity contribution is -0.115. The number of hydrazone groups is 1. The van der Waals surface area contributed by atoms with Crippen LogP contribution in [0.25, 0.3) is 6.08 Å². The van der Waals surface area contributed by atoms with Crippen LogP contribution in [0, 0.1) is 0 Å². The number of amides is 2. The molecular formula is C19H15N3O3S. The average Bonchev–Trinajstić information content (AvgIpc) is 3.27. The van der Waals surface area contributed by atoms with Crippen LogP contribution in [0.3, 0.4) is 0 Å². The minimum atomic E-state index is -0.330. The second-order valence-corrected chi connectivity index (χ2v) is 6.78. The standard InChI is InChI=1S/C19H15N3O3S/c23-17(13-4-2-1-3-5-13)21-22-19-20-18(24)16(26-19)11-12-6-7-15-14(10-12)8-9-25-15/h1-7,10-11H,8-9H2,(H,21,23)(H,20,22,24). The fourth-order valence-electron chi connectivity index (χ4n) is 2.68. The fourth-order valence-corrected chi connectivity index (χ4v) is 3.47. The summed E-state index contributed by atoms with van der Waals surface area (Å²) in [5.74, 6) is 0.338. The maximum absolute atomic E-state index is 12.1. The van der Waals surface area contributed by atoms with E-state index in [0.717, 1.165) is 23.3 Å². The van der Waals surface area contributed by atoms with Gasteiger partial charge in [0.25, 0.3) is 11.8 Å². The smallest absolute Gasteiger partial charge is 0.271 e. The summed E-state index contributed by atoms with van der Waals surface area (Å²) < 4.78 is 5.49. The number of nitrogens with zero attached hydrogens (tertiary/aromatic N) is 1. The number of carbonyl (C=O) groups is 2. The van der Waals surface area contributed by atoms with Gasteiger partial charge in [0.1, 0.15) is 5.75 Å². The molecule has 2 N–H and O–H groups in total. The first-order valence-corrected chi connectivity index (χ1v) is 8.90. The number of hydrogen-bond acceptors (Lipinski definition) is 5. The molecule has 2 heterocycles. The van der Waals surface area contributed by atoms with Gasteiger partial charge in [0.15, 0.2) is 5.17 Å². The summed E-state index contributed by atoms with van der Waals surface area (Å²) >= 11 is 1.19. The van der Waals surface area contributed by atoms with E-state index in [4.69, 9.17) is 4.74 Å². The highest BCUT2D eigenvalue weighted by atomic mass is 32.2. The van der Waals surface area contributed by atoms with Gasteiger partial charge in [-0.1, -0.05) is 24.3 Å². The maximum atomic E-state index is 12.1. The average molecular weight is 365 g/mol. The van der Waals surface area contributed by atoms with E-state index in [2.05, 4.69) is 15.8 Å². The Balaban J connectivity index is 1.46. The topological polar surface area (TPSA) is 79.8 Å². The Morgan fingerprint density at radius 1 is 1.23 bits per heavy atom. The molecule has 0 aliphatic carbocycles. The molecule has 1 saturated heterocycles. The molecule has 0 unspecified atom stereocenters. The van der Waals surface area contributed by atoms with Gasteiger partial charge in [0.2, 0.25) is 0 Å². The van der Waals surface area contributed by atoms with Crippen molar-refractivity contribution < 1.29 is 14.3 Å². The fraction of sp³-hybridized carbons (Fsp3) is 0.105. The zero-order valence-electron chi connectivity index (χ0n) is 13.7. The minimum absolute atomic E-state index is 0.237. The van der Waals surface area contributed by atoms with Crippen molar-refractivity contribution in [1.29, 1.82) is 0 Å². The molecule has 4 rings (SSSR count). The quantitative estimate of drug-likeness (QED) is 0.647. The predicted octanol–water partition coefficient (Wildman–Crippen LogP) is 2.53. The highest BCUT2D eigenvalue weighted by Crippen LogP contribution is 2.29. The second kappa shape index (κ2) is 7.05. The van der Waals surface area contributed by atoms with Crippen molar-refractivity contribution in [3.05, 3.63) is 70.1 Å². The lowest BCUT2D eigenvalue weighted by atomic mass is 10.1. The number of benzene rings is 2. The van der Waals surface area contributed by atoms with Crippen LogP contribution in [-0.2, 0) is 11.2 Å². The van der Waals surface area contributed by atoms with Crippen LogP contribution < -0.4 is 15.5 Å². The van der Waals surface area contributed by atoms with E-state index in [1.165, 1.54) is 11.8 Å². The zero-order chi connectivity index (χ0) is 17.9. The van der Waals surface area contributed by atoms with E-state index in [9.17, 15) is 9.59 Å². The first-order chi connectivity index (χ1) is 12.7. The third kappa shape index (κ3) is 3.48. The number of thioether (sulfide) groups is 1. The molecule has 6 nitrogen and oxygen atoms in total. The molecule has 7 heteroatoms. The van der Waals surface area contributed by atoms with Crippen LogP contribution >= 0.6 is 11.8 Å². The van der Waals surface area contributed by atoms with Gasteiger partial charge in [0.05, 0.1) is 11.5 Å². The van der Waals surface area contributed by atoms with Crippen molar-refractivity contribution in [1.82, 2.24) is 10.7 Å². The molecule has 1 fully saturated rings. The number of carbonyl (C=O) groups excluding carboxylic acids is 2. The number of nitrogens with one attached hydrogen (secondary N) is 2. The molecule has 0 saturated carbocycles. The summed E-state index contributed by atoms with van der Waals surface area (Å²) in [6, 6.07) is 14.6. The van der Waals surface area contributed by atoms with E-state index in [1.807, 2.05) is 24.3 Å². The highest BCUT2D eigenvalue weighted by molar-refractivity contribution is 8.18. The van der Waals surface area contributed by atoms with Crippen molar-refractivity contribution in [3.8, 4) is 5.75 Å². The zero-order valence-corrected chi connectivity index (χ0v) is 14.5. The summed E-state index contributed by atoms with van der Waals surface area (Å²) in [6.45, 7) is 0.697. The summed E-state index contributed by atoms with van der Waals surface area (Å²) in [4.78, 5) is 24.6. The van der Waals surface area contributed by atoms with Crippen LogP contribution in [-0.4, -0.2) is 23.6 Å². The van der Waals surface area contributed by atoms with Gasteiger partial charge >= 0.3 is 0 Å². The Hall–Kier alpha value is -3.06. The molecule has 130 valence electrons. The summed E-state index contributed by atoms with van der Waals surface area (Å²) in [5, 5.41) is 6.98. The Morgan fingerprint density at radius 3 is 2.92 bits per heavy atom. The second-order valence-electron chi connectivity index (χ2n) is 5.75. The highest BCUT2D eigenvalue weighted by Gasteiger charge is 2.24. The summed E-state index contributed by atoms with van der Waals surface area (Å²) in [5.41, 5.74) is 5.03. The lowest BCUT2D eigenvalue weighted by Crippen LogP contribution is -2.25. The minimum Gasteiger partial charge on any atom is -0.493 e. The van der Waals surface area contributed by atoms with E-state index in [0.29, 0.717) is 22.2 Å². The normalized spacial score (nSPS) is 18.5. The summed E-state index contributed by atoms with van der Waals surface area (Å²) in [7, 11) is 0. The van der Waals surface area contributed by atoms with Crippen LogP contribution in [0.15, 0.2) is 58.5 Å². The van der Waals surface area contributed by atoms with Crippen molar-refractivity contribution in [2.75, 3.05) is 6.61 Å². The number of rotatable bonds is 3. The van der Waals surface area contributed by atoms with Crippen molar-refractivity contribution >= 4 is 34.8 Å². The van der Waals surface area contributed by atoms with Gasteiger partial charge < -0.3 is 4.74 Å². The van der Waals surface area contributed by atoms with Crippen LogP contribution in [0.1, 0.15) is 21.5 Å². The third-order valence-corrected chi connectivity index (χ3v) is 4.87. The summed E-state index contributed by atoms with van der Waals surface area (Å²) in [6.07, 6.45) is 2.68. The van der Waals surface area contributed by atoms with Gasteiger partial charge in [-0.05, 0) is 53.2 Å². The van der Waals surface area contributed by atoms with Gasteiger partial charge in [-0.15, -0.1) is 5.10 Å². The van der Waals surface area contributed by atoms with E-state index >= 15 is 0 Å². The van der Waals surface area contributed by atoms with Crippen LogP contribution in [0.4, 0.5) is 0 Å². The molecule has 0 radical (unpaired) electrons. The third-order valence-electron chi connectivity index (χ3n) is 3.96. The molecule has 2 amide bonds. The first-order valence-electron chi connectivity index (χ1n) is 8.09. The molecular weight excluding hydrogens is 350 g/mol. The molecule has 0 spiro atoms. The molecule has 0 bridgehead atoms. The lowest BCUT2D eigenvalue weighted by Gasteiger charge is -2.00. The van der Waals surface area contributed by atoms with Crippen LogP contribution in [0.2, 0.25) is 0 Å². The van der Waals surface area contributed by atoms with Crippen LogP contribution in [0.5, 0.6) is 5.75 Å². The van der Waals surface area contributed by atoms with Gasteiger partial charge in [-0.25, -0.2) is 5.43 Å².